The summed E-state index contributed by atoms with van der Waals surface area (Å²) in [7, 11) is 1.64. The molecule has 0 bridgehead atoms. The van der Waals surface area contributed by atoms with Gasteiger partial charge in [0.15, 0.2) is 16.8 Å². The molecule has 0 atom stereocenters. The molecule has 6 rings (SSSR count). The molecule has 0 aliphatic carbocycles. The van der Waals surface area contributed by atoms with Crippen molar-refractivity contribution < 1.29 is 9.53 Å². The van der Waals surface area contributed by atoms with E-state index >= 15 is 0 Å². The SMILES string of the molecule is COc1ccc2nc(-c3ccc(Cl)cc3)cc(-c3nnc(SCC(=O)c4ccccc4)n3-c3ccccc3)c2c1. The number of halogens is 1. The maximum absolute atomic E-state index is 12.9. The van der Waals surface area contributed by atoms with E-state index in [2.05, 4.69) is 10.2 Å². The van der Waals surface area contributed by atoms with Gasteiger partial charge in [0.1, 0.15) is 5.75 Å². The Morgan fingerprint density at radius 1 is 0.875 bits per heavy atom. The zero-order valence-electron chi connectivity index (χ0n) is 21.5. The third-order valence-electron chi connectivity index (χ3n) is 6.47. The molecule has 2 heterocycles. The number of hydrogen-bond donors (Lipinski definition) is 0. The van der Waals surface area contributed by atoms with E-state index in [-0.39, 0.29) is 11.5 Å². The van der Waals surface area contributed by atoms with E-state index in [1.165, 1.54) is 11.8 Å². The van der Waals surface area contributed by atoms with Gasteiger partial charge in [-0.15, -0.1) is 10.2 Å². The first-order valence-electron chi connectivity index (χ1n) is 12.6. The van der Waals surface area contributed by atoms with Gasteiger partial charge in [0.05, 0.1) is 24.1 Å². The maximum Gasteiger partial charge on any atom is 0.196 e. The lowest BCUT2D eigenvalue weighted by molar-refractivity contribution is 0.102. The summed E-state index contributed by atoms with van der Waals surface area (Å²) in [5, 5.41) is 11.4. The molecule has 0 aliphatic heterocycles. The Labute approximate surface area is 240 Å². The highest BCUT2D eigenvalue weighted by Gasteiger charge is 2.21. The van der Waals surface area contributed by atoms with Crippen molar-refractivity contribution in [2.75, 3.05) is 12.9 Å². The molecule has 8 heteroatoms. The first-order valence-corrected chi connectivity index (χ1v) is 13.9. The highest BCUT2D eigenvalue weighted by Crippen LogP contribution is 2.36. The number of Topliss-reactive ketones (excluding diaryl/α,β-unsaturated/α-hetero) is 1. The number of benzene rings is 4. The number of rotatable bonds is 8. The highest BCUT2D eigenvalue weighted by atomic mass is 35.5. The van der Waals surface area contributed by atoms with Gasteiger partial charge in [0.2, 0.25) is 0 Å². The molecule has 0 fully saturated rings. The third-order valence-corrected chi connectivity index (χ3v) is 7.65. The van der Waals surface area contributed by atoms with Crippen molar-refractivity contribution in [1.29, 1.82) is 0 Å². The van der Waals surface area contributed by atoms with Crippen LogP contribution in [0.3, 0.4) is 0 Å². The predicted molar refractivity (Wildman–Crippen MR) is 161 cm³/mol. The molecule has 0 spiro atoms. The van der Waals surface area contributed by atoms with Crippen LogP contribution in [0.25, 0.3) is 39.2 Å². The molecule has 0 aliphatic rings. The Balaban J connectivity index is 1.51. The summed E-state index contributed by atoms with van der Waals surface area (Å²) < 4.78 is 7.53. The molecule has 0 amide bonds. The molecule has 40 heavy (non-hydrogen) atoms. The van der Waals surface area contributed by atoms with Crippen molar-refractivity contribution in [3.05, 3.63) is 120 Å². The standard InChI is InChI=1S/C32H23ClN4O2S/c1-39-25-16-17-28-26(18-25)27(19-29(34-28)21-12-14-23(33)15-13-21)31-35-36-32(37(31)24-10-6-3-7-11-24)40-20-30(38)22-8-4-2-5-9-22/h2-19H,20H2,1H3. The molecule has 2 aromatic heterocycles. The second-order valence-corrected chi connectivity index (χ2v) is 10.4. The van der Waals surface area contributed by atoms with Gasteiger partial charge in [-0.25, -0.2) is 4.98 Å². The number of fused-ring (bicyclic) bond motifs is 1. The van der Waals surface area contributed by atoms with E-state index in [4.69, 9.17) is 21.3 Å². The number of nitrogens with zero attached hydrogens (tertiary/aromatic N) is 4. The Morgan fingerprint density at radius 3 is 2.33 bits per heavy atom. The Bertz CT molecular complexity index is 1810. The largest absolute Gasteiger partial charge is 0.497 e. The quantitative estimate of drug-likeness (QED) is 0.139. The molecule has 0 saturated carbocycles. The van der Waals surface area contributed by atoms with Crippen LogP contribution in [-0.2, 0) is 0 Å². The van der Waals surface area contributed by atoms with Crippen LogP contribution in [0.5, 0.6) is 5.75 Å². The van der Waals surface area contributed by atoms with Crippen LogP contribution >= 0.6 is 23.4 Å². The number of hydrogen-bond acceptors (Lipinski definition) is 6. The van der Waals surface area contributed by atoms with Crippen molar-refractivity contribution >= 4 is 40.0 Å². The summed E-state index contributed by atoms with van der Waals surface area (Å²) in [5.74, 6) is 1.61. The normalized spacial score (nSPS) is 11.1. The first kappa shape index (κ1) is 25.8. The highest BCUT2D eigenvalue weighted by molar-refractivity contribution is 7.99. The zero-order valence-corrected chi connectivity index (χ0v) is 23.1. The van der Waals surface area contributed by atoms with Crippen molar-refractivity contribution in [1.82, 2.24) is 19.7 Å². The number of thioether (sulfide) groups is 1. The van der Waals surface area contributed by atoms with Gasteiger partial charge in [0, 0.05) is 32.8 Å². The fraction of sp³-hybridized carbons (Fsp3) is 0.0625. The second-order valence-electron chi connectivity index (χ2n) is 9.00. The maximum atomic E-state index is 12.9. The fourth-order valence-corrected chi connectivity index (χ4v) is 5.44. The lowest BCUT2D eigenvalue weighted by Crippen LogP contribution is -2.05. The monoisotopic (exact) mass is 562 g/mol. The minimum Gasteiger partial charge on any atom is -0.497 e. The van der Waals surface area contributed by atoms with Crippen molar-refractivity contribution in [2.45, 2.75) is 5.16 Å². The fourth-order valence-electron chi connectivity index (χ4n) is 4.47. The molecule has 6 aromatic rings. The molecule has 0 saturated heterocycles. The number of pyridine rings is 1. The lowest BCUT2D eigenvalue weighted by atomic mass is 10.0. The van der Waals surface area contributed by atoms with E-state index in [9.17, 15) is 4.79 Å². The number of ether oxygens (including phenoxy) is 1. The van der Waals surface area contributed by atoms with E-state index in [0.717, 1.165) is 33.4 Å². The summed E-state index contributed by atoms with van der Waals surface area (Å²) in [6.07, 6.45) is 0. The topological polar surface area (TPSA) is 69.9 Å². The minimum absolute atomic E-state index is 0.0267. The summed E-state index contributed by atoms with van der Waals surface area (Å²) in [6, 6.07) is 34.6. The molecular weight excluding hydrogens is 540 g/mol. The van der Waals surface area contributed by atoms with Gasteiger partial charge >= 0.3 is 0 Å². The first-order chi connectivity index (χ1) is 19.6. The minimum atomic E-state index is 0.0267. The number of methoxy groups -OCH3 is 1. The third kappa shape index (κ3) is 5.21. The smallest absolute Gasteiger partial charge is 0.196 e. The molecule has 0 unspecified atom stereocenters. The van der Waals surface area contributed by atoms with Crippen molar-refractivity contribution in [3.63, 3.8) is 0 Å². The molecule has 0 N–H and O–H groups in total. The molecule has 0 radical (unpaired) electrons. The molecule has 4 aromatic carbocycles. The van der Waals surface area contributed by atoms with Crippen LogP contribution in [0.15, 0.2) is 114 Å². The van der Waals surface area contributed by atoms with Gasteiger partial charge in [-0.1, -0.05) is 84.0 Å². The number of carbonyl (C=O) groups is 1. The van der Waals surface area contributed by atoms with Gasteiger partial charge in [-0.2, -0.15) is 0 Å². The summed E-state index contributed by atoms with van der Waals surface area (Å²) in [6.45, 7) is 0. The van der Waals surface area contributed by atoms with Crippen molar-refractivity contribution in [3.8, 4) is 34.1 Å². The number of ketones is 1. The molecule has 196 valence electrons. The molecular formula is C32H23ClN4O2S. The Hall–Kier alpha value is -4.46. The van der Waals surface area contributed by atoms with E-state index in [1.807, 2.05) is 114 Å². The summed E-state index contributed by atoms with van der Waals surface area (Å²) >= 11 is 7.52. The summed E-state index contributed by atoms with van der Waals surface area (Å²) in [5.41, 5.74) is 4.89. The average molecular weight is 563 g/mol. The second kappa shape index (κ2) is 11.3. The van der Waals surface area contributed by atoms with Gasteiger partial charge in [0.25, 0.3) is 0 Å². The number of para-hydroxylation sites is 1. The van der Waals surface area contributed by atoms with Crippen LogP contribution in [0, 0.1) is 0 Å². The van der Waals surface area contributed by atoms with Gasteiger partial charge < -0.3 is 4.74 Å². The van der Waals surface area contributed by atoms with Crippen LogP contribution in [-0.4, -0.2) is 38.4 Å². The Morgan fingerprint density at radius 2 is 1.60 bits per heavy atom. The van der Waals surface area contributed by atoms with Crippen LogP contribution in [0.2, 0.25) is 5.02 Å². The zero-order chi connectivity index (χ0) is 27.5. The van der Waals surface area contributed by atoms with Crippen molar-refractivity contribution in [2.24, 2.45) is 0 Å². The van der Waals surface area contributed by atoms with Crippen LogP contribution in [0.4, 0.5) is 0 Å². The molecule has 6 nitrogen and oxygen atoms in total. The van der Waals surface area contributed by atoms with E-state index in [1.54, 1.807) is 7.11 Å². The summed E-state index contributed by atoms with van der Waals surface area (Å²) in [4.78, 5) is 17.8. The van der Waals surface area contributed by atoms with Crippen LogP contribution in [0.1, 0.15) is 10.4 Å². The van der Waals surface area contributed by atoms with Gasteiger partial charge in [-0.3, -0.25) is 9.36 Å². The van der Waals surface area contributed by atoms with E-state index in [0.29, 0.717) is 27.3 Å². The number of aromatic nitrogens is 4. The van der Waals surface area contributed by atoms with E-state index < -0.39 is 0 Å². The Kier molecular flexibility index (Phi) is 7.31. The van der Waals surface area contributed by atoms with Gasteiger partial charge in [-0.05, 0) is 48.5 Å². The van der Waals surface area contributed by atoms with Crippen LogP contribution < -0.4 is 4.74 Å². The number of carbonyl (C=O) groups excluding carboxylic acids is 1. The lowest BCUT2D eigenvalue weighted by Gasteiger charge is -2.14. The average Bonchev–Trinajstić information content (AvgIpc) is 3.44. The predicted octanol–water partition coefficient (Wildman–Crippen LogP) is 7.79.